The molecular weight excluding hydrogens is 520 g/mol. The first kappa shape index (κ1) is 27.6. The molecule has 0 aliphatic carbocycles. The molecule has 0 atom stereocenters. The van der Waals surface area contributed by atoms with E-state index in [1.54, 1.807) is 0 Å². The van der Waals surface area contributed by atoms with Crippen molar-refractivity contribution in [2.45, 2.75) is 0 Å². The number of nitrogens with zero attached hydrogens (tertiary/aromatic N) is 1. The second-order valence-electron chi connectivity index (χ2n) is 10.4. The summed E-state index contributed by atoms with van der Waals surface area (Å²) in [6.45, 7) is 4.64. The van der Waals surface area contributed by atoms with Gasteiger partial charge in [-0.1, -0.05) is 140 Å². The fourth-order valence-corrected chi connectivity index (χ4v) is 5.37. The van der Waals surface area contributed by atoms with E-state index in [1.165, 1.54) is 33.0 Å². The van der Waals surface area contributed by atoms with Crippen molar-refractivity contribution in [3.05, 3.63) is 188 Å². The van der Waals surface area contributed by atoms with E-state index >= 15 is 0 Å². The average molecular weight is 555 g/mol. The van der Waals surface area contributed by atoms with E-state index < -0.39 is 0 Å². The van der Waals surface area contributed by atoms with Crippen molar-refractivity contribution in [3.63, 3.8) is 0 Å². The molecule has 0 saturated heterocycles. The lowest BCUT2D eigenvalue weighted by Gasteiger charge is -2.25. The van der Waals surface area contributed by atoms with Crippen LogP contribution in [-0.2, 0) is 0 Å². The summed E-state index contributed by atoms with van der Waals surface area (Å²) in [7, 11) is 0. The highest BCUT2D eigenvalue weighted by molar-refractivity contribution is 5.94. The fourth-order valence-electron chi connectivity index (χ4n) is 5.37. The Morgan fingerprint density at radius 3 is 1.74 bits per heavy atom. The molecule has 2 nitrogen and oxygen atoms in total. The van der Waals surface area contributed by atoms with Gasteiger partial charge < -0.3 is 10.2 Å². The molecular formula is C41H34N2. The van der Waals surface area contributed by atoms with E-state index in [4.69, 9.17) is 0 Å². The van der Waals surface area contributed by atoms with Crippen LogP contribution >= 0.6 is 0 Å². The molecule has 0 bridgehead atoms. The maximum atomic E-state index is 3.96. The topological polar surface area (TPSA) is 15.3 Å². The molecule has 208 valence electrons. The van der Waals surface area contributed by atoms with E-state index in [9.17, 15) is 0 Å². The van der Waals surface area contributed by atoms with Crippen LogP contribution in [0.3, 0.4) is 0 Å². The van der Waals surface area contributed by atoms with Gasteiger partial charge in [0.25, 0.3) is 0 Å². The highest BCUT2D eigenvalue weighted by atomic mass is 15.1. The number of nitrogens with one attached hydrogen (secondary N) is 1. The van der Waals surface area contributed by atoms with Crippen molar-refractivity contribution in [1.82, 2.24) is 0 Å². The van der Waals surface area contributed by atoms with Gasteiger partial charge >= 0.3 is 0 Å². The molecule has 0 spiro atoms. The molecule has 0 aliphatic rings. The smallest absolute Gasteiger partial charge is 0.0463 e. The van der Waals surface area contributed by atoms with Crippen molar-refractivity contribution in [1.29, 1.82) is 0 Å². The standard InChI is InChI=1S/C41H34N2/c1-2-15-37(42-41-28-13-21-34-20-9-10-27-40(34)41)24-14-29-43(38-25-11-22-35(30-38)32-16-5-3-6-17-32)39-26-12-23-36(31-39)33-18-7-4-8-19-33/h2-28,30-31,42H,1,29H2/b24-14-,37-15+. The summed E-state index contributed by atoms with van der Waals surface area (Å²) in [5.74, 6) is 0. The van der Waals surface area contributed by atoms with E-state index in [1.807, 2.05) is 12.2 Å². The predicted molar refractivity (Wildman–Crippen MR) is 186 cm³/mol. The van der Waals surface area contributed by atoms with Gasteiger partial charge in [-0.25, -0.2) is 0 Å². The van der Waals surface area contributed by atoms with Crippen LogP contribution in [0.2, 0.25) is 0 Å². The molecule has 2 heteroatoms. The third-order valence-electron chi connectivity index (χ3n) is 7.48. The minimum absolute atomic E-state index is 0.683. The van der Waals surface area contributed by atoms with Crippen molar-refractivity contribution in [2.24, 2.45) is 0 Å². The fraction of sp³-hybridized carbons (Fsp3) is 0.0244. The molecule has 0 radical (unpaired) electrons. The van der Waals surface area contributed by atoms with Crippen LogP contribution in [0.15, 0.2) is 188 Å². The molecule has 0 amide bonds. The van der Waals surface area contributed by atoms with Crippen molar-refractivity contribution < 1.29 is 0 Å². The Kier molecular flexibility index (Phi) is 8.57. The van der Waals surface area contributed by atoms with E-state index in [0.717, 1.165) is 22.8 Å². The van der Waals surface area contributed by atoms with Crippen LogP contribution in [0.4, 0.5) is 17.1 Å². The van der Waals surface area contributed by atoms with Crippen LogP contribution in [0.1, 0.15) is 0 Å². The molecule has 6 aromatic carbocycles. The van der Waals surface area contributed by atoms with Crippen LogP contribution in [-0.4, -0.2) is 6.54 Å². The number of rotatable bonds is 10. The van der Waals surface area contributed by atoms with E-state index in [-0.39, 0.29) is 0 Å². The van der Waals surface area contributed by atoms with Crippen molar-refractivity contribution in [2.75, 3.05) is 16.8 Å². The van der Waals surface area contributed by atoms with Crippen LogP contribution in [0.5, 0.6) is 0 Å². The number of hydrogen-bond acceptors (Lipinski definition) is 2. The Bertz CT molecular complexity index is 1800. The largest absolute Gasteiger partial charge is 0.355 e. The third-order valence-corrected chi connectivity index (χ3v) is 7.48. The van der Waals surface area contributed by atoms with Gasteiger partial charge in [-0.15, -0.1) is 0 Å². The van der Waals surface area contributed by atoms with Gasteiger partial charge in [-0.2, -0.15) is 0 Å². The second kappa shape index (κ2) is 13.4. The number of benzene rings is 6. The predicted octanol–water partition coefficient (Wildman–Crippen LogP) is 11.1. The van der Waals surface area contributed by atoms with Crippen molar-refractivity contribution >= 4 is 27.8 Å². The van der Waals surface area contributed by atoms with Crippen molar-refractivity contribution in [3.8, 4) is 22.3 Å². The molecule has 0 aromatic heterocycles. The summed E-state index contributed by atoms with van der Waals surface area (Å²) in [6.07, 6.45) is 8.17. The normalized spacial score (nSPS) is 11.5. The zero-order valence-corrected chi connectivity index (χ0v) is 24.1. The minimum atomic E-state index is 0.683. The molecule has 0 saturated carbocycles. The molecule has 0 aliphatic heterocycles. The Morgan fingerprint density at radius 1 is 0.581 bits per heavy atom. The van der Waals surface area contributed by atoms with Crippen LogP contribution < -0.4 is 10.2 Å². The highest BCUT2D eigenvalue weighted by Crippen LogP contribution is 2.32. The highest BCUT2D eigenvalue weighted by Gasteiger charge is 2.11. The quantitative estimate of drug-likeness (QED) is 0.169. The first-order valence-corrected chi connectivity index (χ1v) is 14.6. The van der Waals surface area contributed by atoms with Gasteiger partial charge in [0, 0.05) is 34.7 Å². The minimum Gasteiger partial charge on any atom is -0.355 e. The van der Waals surface area contributed by atoms with Gasteiger partial charge in [0.05, 0.1) is 0 Å². The maximum Gasteiger partial charge on any atom is 0.0463 e. The van der Waals surface area contributed by atoms with E-state index in [0.29, 0.717) is 6.54 Å². The number of allylic oxidation sites excluding steroid dienone is 3. The Hall–Kier alpha value is -5.60. The zero-order chi connectivity index (χ0) is 29.3. The molecule has 6 aromatic rings. The first-order chi connectivity index (χ1) is 21.3. The average Bonchev–Trinajstić information content (AvgIpc) is 3.08. The molecule has 0 fully saturated rings. The molecule has 6 rings (SSSR count). The number of hydrogen-bond donors (Lipinski definition) is 1. The summed E-state index contributed by atoms with van der Waals surface area (Å²) in [4.78, 5) is 2.36. The van der Waals surface area contributed by atoms with E-state index in [2.05, 4.69) is 181 Å². The second-order valence-corrected chi connectivity index (χ2v) is 10.4. The lowest BCUT2D eigenvalue weighted by molar-refractivity contribution is 1.09. The molecule has 0 unspecified atom stereocenters. The third kappa shape index (κ3) is 6.66. The van der Waals surface area contributed by atoms with Gasteiger partial charge in [0.15, 0.2) is 0 Å². The molecule has 43 heavy (non-hydrogen) atoms. The lowest BCUT2D eigenvalue weighted by Crippen LogP contribution is -2.17. The Balaban J connectivity index is 1.34. The van der Waals surface area contributed by atoms with Gasteiger partial charge in [0.1, 0.15) is 0 Å². The van der Waals surface area contributed by atoms with Gasteiger partial charge in [-0.05, 0) is 70.1 Å². The first-order valence-electron chi connectivity index (χ1n) is 14.6. The SMILES string of the molecule is C=C/C=C(\C=C/CN(c1cccc(-c2ccccc2)c1)c1cccc(-c2ccccc2)c1)Nc1cccc2ccccc12. The zero-order valence-electron chi connectivity index (χ0n) is 24.1. The number of fused-ring (bicyclic) bond motifs is 1. The van der Waals surface area contributed by atoms with Crippen LogP contribution in [0.25, 0.3) is 33.0 Å². The summed E-state index contributed by atoms with van der Waals surface area (Å²) >= 11 is 0. The summed E-state index contributed by atoms with van der Waals surface area (Å²) < 4.78 is 0. The van der Waals surface area contributed by atoms with Crippen LogP contribution in [0, 0.1) is 0 Å². The van der Waals surface area contributed by atoms with Gasteiger partial charge in [-0.3, -0.25) is 0 Å². The summed E-state index contributed by atoms with van der Waals surface area (Å²) in [5, 5.41) is 6.01. The monoisotopic (exact) mass is 554 g/mol. The van der Waals surface area contributed by atoms with Gasteiger partial charge in [0.2, 0.25) is 0 Å². The Morgan fingerprint density at radius 2 is 1.12 bits per heavy atom. The molecule has 1 N–H and O–H groups in total. The summed E-state index contributed by atoms with van der Waals surface area (Å²) in [6, 6.07) is 53.4. The lowest BCUT2D eigenvalue weighted by atomic mass is 10.0. The maximum absolute atomic E-state index is 3.96. The summed E-state index contributed by atoms with van der Waals surface area (Å²) in [5.41, 5.74) is 9.09. The molecule has 0 heterocycles. The number of anilines is 3. The Labute approximate surface area is 254 Å².